The normalized spacial score (nSPS) is 10.9. The second kappa shape index (κ2) is 5.62. The molecule has 1 amide bonds. The van der Waals surface area contributed by atoms with Crippen LogP contribution in [0.15, 0.2) is 17.5 Å². The van der Waals surface area contributed by atoms with E-state index in [-0.39, 0.29) is 12.5 Å². The molecule has 0 saturated heterocycles. The number of nitrogens with zero attached hydrogens (tertiary/aromatic N) is 1. The zero-order chi connectivity index (χ0) is 12.3. The van der Waals surface area contributed by atoms with Gasteiger partial charge < -0.3 is 10.0 Å². The van der Waals surface area contributed by atoms with Gasteiger partial charge in [0.25, 0.3) is 5.91 Å². The molecular weight excluding hydrogens is 254 g/mol. The van der Waals surface area contributed by atoms with Crippen LogP contribution >= 0.6 is 22.7 Å². The molecule has 17 heavy (non-hydrogen) atoms. The Balaban J connectivity index is 2.19. The third-order valence-corrected chi connectivity index (χ3v) is 4.58. The molecule has 2 heterocycles. The summed E-state index contributed by atoms with van der Waals surface area (Å²) in [6.45, 7) is 3.17. The Kier molecular flexibility index (Phi) is 4.15. The van der Waals surface area contributed by atoms with E-state index in [2.05, 4.69) is 0 Å². The maximum atomic E-state index is 12.2. The fourth-order valence-corrected chi connectivity index (χ4v) is 3.81. The molecule has 0 aromatic carbocycles. The Hall–Kier alpha value is -0.910. The quantitative estimate of drug-likeness (QED) is 0.906. The highest BCUT2D eigenvalue weighted by atomic mass is 32.1. The third-order valence-electron chi connectivity index (χ3n) is 2.50. The molecule has 0 spiro atoms. The molecule has 0 saturated carbocycles. The Morgan fingerprint density at radius 1 is 1.41 bits per heavy atom. The first-order valence-electron chi connectivity index (χ1n) is 5.63. The van der Waals surface area contributed by atoms with E-state index >= 15 is 0 Å². The van der Waals surface area contributed by atoms with E-state index in [1.165, 1.54) is 20.7 Å². The summed E-state index contributed by atoms with van der Waals surface area (Å²) in [5, 5.41) is 11.0. The van der Waals surface area contributed by atoms with Crippen LogP contribution in [0.25, 0.3) is 9.40 Å². The second-order valence-electron chi connectivity index (χ2n) is 3.78. The van der Waals surface area contributed by atoms with Crippen LogP contribution < -0.4 is 0 Å². The number of hydrogen-bond acceptors (Lipinski definition) is 4. The molecule has 5 heteroatoms. The van der Waals surface area contributed by atoms with Crippen LogP contribution in [0.5, 0.6) is 0 Å². The maximum absolute atomic E-state index is 12.2. The van der Waals surface area contributed by atoms with E-state index in [0.29, 0.717) is 13.1 Å². The number of hydrogen-bond donors (Lipinski definition) is 1. The van der Waals surface area contributed by atoms with Gasteiger partial charge in [-0.1, -0.05) is 6.92 Å². The molecule has 0 radical (unpaired) electrons. The van der Waals surface area contributed by atoms with Crippen LogP contribution in [0.4, 0.5) is 0 Å². The first-order chi connectivity index (χ1) is 8.26. The van der Waals surface area contributed by atoms with Gasteiger partial charge in [0.15, 0.2) is 0 Å². The Bertz CT molecular complexity index is 469. The van der Waals surface area contributed by atoms with Crippen LogP contribution in [-0.4, -0.2) is 35.6 Å². The van der Waals surface area contributed by atoms with Crippen molar-refractivity contribution >= 4 is 38.0 Å². The van der Waals surface area contributed by atoms with Gasteiger partial charge in [-0.15, -0.1) is 22.7 Å². The predicted octanol–water partition coefficient (Wildman–Crippen LogP) is 2.81. The van der Waals surface area contributed by atoms with Crippen LogP contribution in [0.1, 0.15) is 23.0 Å². The monoisotopic (exact) mass is 269 g/mol. The fourth-order valence-electron chi connectivity index (χ4n) is 1.73. The predicted molar refractivity (Wildman–Crippen MR) is 73.0 cm³/mol. The number of carbonyl (C=O) groups excluding carboxylic acids is 1. The van der Waals surface area contributed by atoms with Crippen molar-refractivity contribution in [2.45, 2.75) is 13.3 Å². The third kappa shape index (κ3) is 2.68. The van der Waals surface area contributed by atoms with Gasteiger partial charge in [0, 0.05) is 22.5 Å². The number of fused-ring (bicyclic) bond motifs is 1. The lowest BCUT2D eigenvalue weighted by atomic mass is 10.3. The van der Waals surface area contributed by atoms with E-state index in [1.54, 1.807) is 16.2 Å². The molecule has 0 aliphatic rings. The Morgan fingerprint density at radius 2 is 2.24 bits per heavy atom. The summed E-state index contributed by atoms with van der Waals surface area (Å²) in [4.78, 5) is 14.7. The minimum absolute atomic E-state index is 0.0193. The number of thiophene rings is 2. The first kappa shape index (κ1) is 12.5. The number of aliphatic hydroxyl groups excluding tert-OH is 1. The van der Waals surface area contributed by atoms with Crippen molar-refractivity contribution in [3.8, 4) is 0 Å². The second-order valence-corrected chi connectivity index (χ2v) is 5.81. The molecule has 2 rings (SSSR count). The fraction of sp³-hybridized carbons (Fsp3) is 0.417. The Labute approximate surface area is 108 Å². The van der Waals surface area contributed by atoms with Crippen molar-refractivity contribution in [2.75, 3.05) is 19.7 Å². The van der Waals surface area contributed by atoms with Crippen LogP contribution in [0.3, 0.4) is 0 Å². The van der Waals surface area contributed by atoms with E-state index in [1.807, 2.05) is 24.4 Å². The summed E-state index contributed by atoms with van der Waals surface area (Å²) in [5.41, 5.74) is 0. The summed E-state index contributed by atoms with van der Waals surface area (Å²) < 4.78 is 2.33. The molecule has 3 nitrogen and oxygen atoms in total. The van der Waals surface area contributed by atoms with E-state index in [0.717, 1.165) is 11.3 Å². The zero-order valence-corrected chi connectivity index (χ0v) is 11.3. The topological polar surface area (TPSA) is 40.5 Å². The highest BCUT2D eigenvalue weighted by Gasteiger charge is 2.17. The minimum Gasteiger partial charge on any atom is -0.395 e. The lowest BCUT2D eigenvalue weighted by molar-refractivity contribution is 0.0727. The van der Waals surface area contributed by atoms with Gasteiger partial charge in [0.1, 0.15) is 0 Å². The molecule has 0 bridgehead atoms. The van der Waals surface area contributed by atoms with Gasteiger partial charge in [-0.25, -0.2) is 0 Å². The molecule has 0 aliphatic carbocycles. The van der Waals surface area contributed by atoms with E-state index in [9.17, 15) is 4.79 Å². The van der Waals surface area contributed by atoms with Gasteiger partial charge in [0.05, 0.1) is 11.5 Å². The van der Waals surface area contributed by atoms with Gasteiger partial charge in [0.2, 0.25) is 0 Å². The summed E-state index contributed by atoms with van der Waals surface area (Å²) in [5.74, 6) is 0.0364. The van der Waals surface area contributed by atoms with Gasteiger partial charge in [-0.3, -0.25) is 4.79 Å². The molecule has 0 fully saturated rings. The van der Waals surface area contributed by atoms with Crippen LogP contribution in [-0.2, 0) is 0 Å². The van der Waals surface area contributed by atoms with E-state index in [4.69, 9.17) is 5.11 Å². The van der Waals surface area contributed by atoms with Gasteiger partial charge >= 0.3 is 0 Å². The lowest BCUT2D eigenvalue weighted by Gasteiger charge is -2.19. The van der Waals surface area contributed by atoms with Crippen molar-refractivity contribution in [3.63, 3.8) is 0 Å². The minimum atomic E-state index is 0.0193. The summed E-state index contributed by atoms with van der Waals surface area (Å²) >= 11 is 3.18. The van der Waals surface area contributed by atoms with Crippen molar-refractivity contribution in [2.24, 2.45) is 0 Å². The molecule has 2 aromatic rings. The van der Waals surface area contributed by atoms with Crippen LogP contribution in [0.2, 0.25) is 0 Å². The average molecular weight is 269 g/mol. The van der Waals surface area contributed by atoms with E-state index < -0.39 is 0 Å². The average Bonchev–Trinajstić information content (AvgIpc) is 2.87. The number of amides is 1. The highest BCUT2D eigenvalue weighted by molar-refractivity contribution is 7.27. The smallest absolute Gasteiger partial charge is 0.264 e. The van der Waals surface area contributed by atoms with Crippen molar-refractivity contribution < 1.29 is 9.90 Å². The molecule has 2 aromatic heterocycles. The molecule has 0 atom stereocenters. The van der Waals surface area contributed by atoms with Crippen molar-refractivity contribution in [1.29, 1.82) is 0 Å². The largest absolute Gasteiger partial charge is 0.395 e. The highest BCUT2D eigenvalue weighted by Crippen LogP contribution is 2.30. The molecule has 0 aliphatic heterocycles. The molecule has 92 valence electrons. The molecular formula is C12H15NO2S2. The van der Waals surface area contributed by atoms with Crippen LogP contribution in [0, 0.1) is 0 Å². The van der Waals surface area contributed by atoms with Crippen molar-refractivity contribution in [1.82, 2.24) is 4.90 Å². The molecule has 0 unspecified atom stereocenters. The van der Waals surface area contributed by atoms with Gasteiger partial charge in [-0.05, 0) is 23.9 Å². The summed E-state index contributed by atoms with van der Waals surface area (Å²) in [6, 6.07) is 3.99. The van der Waals surface area contributed by atoms with Crippen molar-refractivity contribution in [3.05, 3.63) is 22.4 Å². The Morgan fingerprint density at radius 3 is 2.88 bits per heavy atom. The SMILES string of the molecule is CCCN(CCO)C(=O)c1cc2sccc2s1. The lowest BCUT2D eigenvalue weighted by Crippen LogP contribution is -2.33. The number of rotatable bonds is 5. The maximum Gasteiger partial charge on any atom is 0.264 e. The van der Waals surface area contributed by atoms with Gasteiger partial charge in [-0.2, -0.15) is 0 Å². The first-order valence-corrected chi connectivity index (χ1v) is 7.33. The standard InChI is InChI=1S/C12H15NO2S2/c1-2-4-13(5-6-14)12(15)11-8-10-9(17-11)3-7-16-10/h3,7-8,14H,2,4-6H2,1H3. The molecule has 1 N–H and O–H groups in total. The number of carbonyl (C=O) groups is 1. The summed E-state index contributed by atoms with van der Waals surface area (Å²) in [7, 11) is 0. The number of aliphatic hydroxyl groups is 1. The summed E-state index contributed by atoms with van der Waals surface area (Å²) in [6.07, 6.45) is 0.908. The zero-order valence-electron chi connectivity index (χ0n) is 9.68.